The van der Waals surface area contributed by atoms with Crippen molar-refractivity contribution in [2.75, 3.05) is 6.61 Å². The number of carbonyl (C=O) groups excluding carboxylic acids is 4. The summed E-state index contributed by atoms with van der Waals surface area (Å²) in [5, 5.41) is 4.03. The minimum Gasteiger partial charge on any atom is -0.459 e. The van der Waals surface area contributed by atoms with Crippen molar-refractivity contribution in [2.24, 2.45) is 5.16 Å². The third-order valence-corrected chi connectivity index (χ3v) is 7.54. The number of halogens is 1. The zero-order chi connectivity index (χ0) is 31.6. The molecule has 4 atom stereocenters. The molecule has 0 aliphatic carbocycles. The predicted octanol–water partition coefficient (Wildman–Crippen LogP) is 5.67. The van der Waals surface area contributed by atoms with Crippen molar-refractivity contribution < 1.29 is 43.0 Å². The Labute approximate surface area is 272 Å². The van der Waals surface area contributed by atoms with Gasteiger partial charge in [-0.2, -0.15) is 0 Å². The Balaban J connectivity index is 1.48. The number of nitrogens with zero attached hydrogens (tertiary/aromatic N) is 1. The molecule has 0 bridgehead atoms. The van der Waals surface area contributed by atoms with E-state index in [0.717, 1.165) is 0 Å². The van der Waals surface area contributed by atoms with Gasteiger partial charge in [0.15, 0.2) is 16.3 Å². The Morgan fingerprint density at radius 2 is 1.02 bits per heavy atom. The van der Waals surface area contributed by atoms with Crippen LogP contribution in [-0.2, 0) is 23.8 Å². The number of esters is 3. The van der Waals surface area contributed by atoms with Gasteiger partial charge in [-0.3, -0.25) is 0 Å². The number of carbonyl (C=O) groups is 4. The van der Waals surface area contributed by atoms with Crippen molar-refractivity contribution in [3.8, 4) is 0 Å². The van der Waals surface area contributed by atoms with Crippen LogP contribution in [0.15, 0.2) is 126 Å². The van der Waals surface area contributed by atoms with Crippen molar-refractivity contribution in [1.82, 2.24) is 0 Å². The van der Waals surface area contributed by atoms with E-state index in [0.29, 0.717) is 5.56 Å². The Kier molecular flexibility index (Phi) is 10.7. The molecule has 0 spiro atoms. The number of ether oxygens (including phenoxy) is 4. The average molecular weight is 719 g/mol. The quantitative estimate of drug-likeness (QED) is 0.0538. The fraction of sp³-hybridized carbons (Fsp3) is 0.147. The van der Waals surface area contributed by atoms with Crippen LogP contribution in [0.4, 0.5) is 0 Å². The molecule has 228 valence electrons. The van der Waals surface area contributed by atoms with Gasteiger partial charge >= 0.3 is 23.9 Å². The third kappa shape index (κ3) is 8.19. The molecule has 10 nitrogen and oxygen atoms in total. The van der Waals surface area contributed by atoms with Gasteiger partial charge in [-0.15, -0.1) is 0 Å². The van der Waals surface area contributed by atoms with Crippen molar-refractivity contribution in [3.63, 3.8) is 0 Å². The highest BCUT2D eigenvalue weighted by Gasteiger charge is 2.49. The van der Waals surface area contributed by atoms with Gasteiger partial charge in [-0.25, -0.2) is 19.2 Å². The lowest BCUT2D eigenvalue weighted by Gasteiger charge is -2.39. The second kappa shape index (κ2) is 15.2. The first-order chi connectivity index (χ1) is 21.9. The molecule has 1 heterocycles. The lowest BCUT2D eigenvalue weighted by atomic mass is 10.00. The number of oxime groups is 1. The highest BCUT2D eigenvalue weighted by Crippen LogP contribution is 2.30. The van der Waals surface area contributed by atoms with Gasteiger partial charge < -0.3 is 23.8 Å². The van der Waals surface area contributed by atoms with Crippen LogP contribution in [0.5, 0.6) is 0 Å². The smallest absolute Gasteiger partial charge is 0.365 e. The first kappa shape index (κ1) is 31.5. The molecular weight excluding hydrogens is 693 g/mol. The number of hydrogen-bond donors (Lipinski definition) is 0. The number of hydrogen-bond acceptors (Lipinski definition) is 10. The van der Waals surface area contributed by atoms with Crippen LogP contribution in [0.3, 0.4) is 0 Å². The maximum absolute atomic E-state index is 13.3. The fourth-order valence-corrected chi connectivity index (χ4v) is 5.19. The second-order valence-corrected chi connectivity index (χ2v) is 10.8. The first-order valence-electron chi connectivity index (χ1n) is 13.8. The minimum absolute atomic E-state index is 0.0411. The van der Waals surface area contributed by atoms with Crippen molar-refractivity contribution in [1.29, 1.82) is 0 Å². The van der Waals surface area contributed by atoms with Crippen LogP contribution in [0.25, 0.3) is 0 Å². The van der Waals surface area contributed by atoms with Crippen LogP contribution in [0.2, 0.25) is 0 Å². The Morgan fingerprint density at radius 1 is 0.600 bits per heavy atom. The number of alkyl halides is 1. The lowest BCUT2D eigenvalue weighted by Crippen LogP contribution is -2.58. The summed E-state index contributed by atoms with van der Waals surface area (Å²) in [6, 6.07) is 32.9. The molecule has 45 heavy (non-hydrogen) atoms. The van der Waals surface area contributed by atoms with E-state index in [2.05, 4.69) is 5.16 Å². The summed E-state index contributed by atoms with van der Waals surface area (Å²) in [6.07, 6.45) is -3.87. The van der Waals surface area contributed by atoms with E-state index in [-0.39, 0.29) is 29.0 Å². The molecule has 0 aromatic heterocycles. The number of rotatable bonds is 9. The second-order valence-electron chi connectivity index (χ2n) is 9.64. The normalized spacial score (nSPS) is 20.1. The van der Waals surface area contributed by atoms with Gasteiger partial charge in [0.25, 0.3) is 0 Å². The molecule has 0 unspecified atom stereocenters. The van der Waals surface area contributed by atoms with Crippen molar-refractivity contribution in [2.45, 2.75) is 22.4 Å². The highest BCUT2D eigenvalue weighted by atomic mass is 127. The molecule has 0 amide bonds. The van der Waals surface area contributed by atoms with E-state index in [1.165, 1.54) is 0 Å². The van der Waals surface area contributed by atoms with E-state index < -0.39 is 46.3 Å². The largest absolute Gasteiger partial charge is 0.459 e. The lowest BCUT2D eigenvalue weighted by molar-refractivity contribution is -0.118. The molecule has 0 saturated carbocycles. The van der Waals surface area contributed by atoms with Crippen LogP contribution in [-0.4, -0.2) is 58.6 Å². The summed E-state index contributed by atoms with van der Waals surface area (Å²) >= 11 is 1.88. The standard InChI is InChI=1S/C34H26INO9/c35-30-27(36-45-34(40)25-19-11-4-12-20-25)29(44-33(39)24-17-9-3-10-18-24)28(43-32(38)23-15-7-2-8-16-23)26(42-30)21-41-31(37)22-13-5-1-6-14-22/h1-20,26,28-30H,21H2/b36-27+/t26-,28-,29+,30+/m1/s1. The van der Waals surface area contributed by atoms with Crippen LogP contribution >= 0.6 is 22.6 Å². The van der Waals surface area contributed by atoms with Crippen LogP contribution < -0.4 is 0 Å². The molecule has 1 aliphatic heterocycles. The molecule has 4 aromatic rings. The van der Waals surface area contributed by atoms with Crippen LogP contribution in [0.1, 0.15) is 41.4 Å². The van der Waals surface area contributed by atoms with Gasteiger partial charge in [0.05, 0.1) is 22.3 Å². The Bertz CT molecular complexity index is 1650. The van der Waals surface area contributed by atoms with E-state index in [1.54, 1.807) is 121 Å². The summed E-state index contributed by atoms with van der Waals surface area (Å²) in [4.78, 5) is 57.4. The molecule has 0 radical (unpaired) electrons. The van der Waals surface area contributed by atoms with Gasteiger partial charge in [0, 0.05) is 0 Å². The van der Waals surface area contributed by atoms with E-state index >= 15 is 0 Å². The maximum atomic E-state index is 13.3. The van der Waals surface area contributed by atoms with Gasteiger partial charge in [-0.05, 0) is 71.1 Å². The summed E-state index contributed by atoms with van der Waals surface area (Å²) in [5.41, 5.74) is 0.935. The molecule has 1 fully saturated rings. The molecule has 1 saturated heterocycles. The van der Waals surface area contributed by atoms with Crippen molar-refractivity contribution >= 4 is 52.2 Å². The first-order valence-corrected chi connectivity index (χ1v) is 15.0. The Hall–Kier alpha value is -4.88. The van der Waals surface area contributed by atoms with E-state index in [9.17, 15) is 19.2 Å². The maximum Gasteiger partial charge on any atom is 0.365 e. The molecule has 5 rings (SSSR count). The van der Waals surface area contributed by atoms with Gasteiger partial charge in [0.1, 0.15) is 18.4 Å². The molecule has 1 aliphatic rings. The van der Waals surface area contributed by atoms with Crippen LogP contribution in [0, 0.1) is 0 Å². The van der Waals surface area contributed by atoms with Crippen molar-refractivity contribution in [3.05, 3.63) is 144 Å². The molecular formula is C34H26INO9. The monoisotopic (exact) mass is 719 g/mol. The summed E-state index contributed by atoms with van der Waals surface area (Å²) < 4.78 is 22.5. The zero-order valence-electron chi connectivity index (χ0n) is 23.6. The number of benzene rings is 4. The fourth-order valence-electron chi connectivity index (χ4n) is 4.35. The molecule has 4 aromatic carbocycles. The van der Waals surface area contributed by atoms with E-state index in [1.807, 2.05) is 22.6 Å². The summed E-state index contributed by atoms with van der Waals surface area (Å²) in [6.45, 7) is -0.365. The minimum atomic E-state index is -1.40. The average Bonchev–Trinajstić information content (AvgIpc) is 3.09. The molecule has 11 heteroatoms. The summed E-state index contributed by atoms with van der Waals surface area (Å²) in [5.74, 6) is -2.91. The SMILES string of the molecule is O=C(OC[C@H]1O[C@H](I)/C(=N/OC(=O)c2ccccc2)[C@H](OC(=O)c2ccccc2)[C@@H]1OC(=O)c1ccccc1)c1ccccc1. The van der Waals surface area contributed by atoms with Gasteiger partial charge in [0.2, 0.25) is 0 Å². The topological polar surface area (TPSA) is 127 Å². The third-order valence-electron chi connectivity index (χ3n) is 6.61. The zero-order valence-corrected chi connectivity index (χ0v) is 25.7. The highest BCUT2D eigenvalue weighted by molar-refractivity contribution is 14.1. The predicted molar refractivity (Wildman–Crippen MR) is 170 cm³/mol. The summed E-state index contributed by atoms with van der Waals surface area (Å²) in [7, 11) is 0. The van der Waals surface area contributed by atoms with Gasteiger partial charge in [-0.1, -0.05) is 78.0 Å². The molecule has 0 N–H and O–H groups in total. The Morgan fingerprint density at radius 3 is 1.51 bits per heavy atom. The van der Waals surface area contributed by atoms with E-state index in [4.69, 9.17) is 23.8 Å².